The first kappa shape index (κ1) is 12.0. The first-order valence-electron chi connectivity index (χ1n) is 5.03. The largest absolute Gasteiger partial charge is 0.335 e. The summed E-state index contributed by atoms with van der Waals surface area (Å²) in [4.78, 5) is 13.0. The van der Waals surface area contributed by atoms with Crippen LogP contribution < -0.4 is 0 Å². The predicted molar refractivity (Wildman–Crippen MR) is 62.4 cm³/mol. The van der Waals surface area contributed by atoms with Crippen LogP contribution in [0.2, 0.25) is 0 Å². The highest BCUT2D eigenvalue weighted by molar-refractivity contribution is 5.73. The first-order chi connectivity index (χ1) is 7.67. The van der Waals surface area contributed by atoms with Gasteiger partial charge in [0, 0.05) is 20.0 Å². The van der Waals surface area contributed by atoms with Gasteiger partial charge in [-0.1, -0.05) is 18.2 Å². The minimum atomic E-state index is 0.0178. The van der Waals surface area contributed by atoms with E-state index >= 15 is 0 Å². The SMILES string of the molecule is C=CCN(Cc1ccc(C#N)cc1)C(C)=O. The number of hydrogen-bond acceptors (Lipinski definition) is 2. The number of carbonyl (C=O) groups is 1. The lowest BCUT2D eigenvalue weighted by atomic mass is 10.1. The van der Waals surface area contributed by atoms with Crippen molar-refractivity contribution in [3.63, 3.8) is 0 Å². The van der Waals surface area contributed by atoms with Crippen LogP contribution in [0.1, 0.15) is 18.1 Å². The van der Waals surface area contributed by atoms with Crippen molar-refractivity contribution in [3.05, 3.63) is 48.0 Å². The van der Waals surface area contributed by atoms with Gasteiger partial charge >= 0.3 is 0 Å². The monoisotopic (exact) mass is 214 g/mol. The highest BCUT2D eigenvalue weighted by Gasteiger charge is 2.06. The number of hydrogen-bond donors (Lipinski definition) is 0. The molecule has 0 aromatic heterocycles. The van der Waals surface area contributed by atoms with E-state index in [9.17, 15) is 4.79 Å². The molecular formula is C13H14N2O. The molecule has 0 aliphatic heterocycles. The Kier molecular flexibility index (Phi) is 4.28. The molecule has 0 N–H and O–H groups in total. The van der Waals surface area contributed by atoms with Crippen molar-refractivity contribution < 1.29 is 4.79 Å². The second kappa shape index (κ2) is 5.72. The Morgan fingerprint density at radius 2 is 2.12 bits per heavy atom. The van der Waals surface area contributed by atoms with Gasteiger partial charge in [-0.05, 0) is 17.7 Å². The highest BCUT2D eigenvalue weighted by atomic mass is 16.2. The summed E-state index contributed by atoms with van der Waals surface area (Å²) < 4.78 is 0. The fourth-order valence-corrected chi connectivity index (χ4v) is 1.37. The smallest absolute Gasteiger partial charge is 0.220 e. The normalized spacial score (nSPS) is 9.25. The summed E-state index contributed by atoms with van der Waals surface area (Å²) in [7, 11) is 0. The van der Waals surface area contributed by atoms with Gasteiger partial charge in [-0.25, -0.2) is 0 Å². The molecule has 1 amide bonds. The summed E-state index contributed by atoms with van der Waals surface area (Å²) in [6.07, 6.45) is 1.70. The Balaban J connectivity index is 2.74. The first-order valence-corrected chi connectivity index (χ1v) is 5.03. The Labute approximate surface area is 95.6 Å². The summed E-state index contributed by atoms with van der Waals surface area (Å²) in [6, 6.07) is 9.28. The average molecular weight is 214 g/mol. The van der Waals surface area contributed by atoms with Crippen molar-refractivity contribution in [2.24, 2.45) is 0 Å². The molecule has 16 heavy (non-hydrogen) atoms. The number of rotatable bonds is 4. The van der Waals surface area contributed by atoms with Crippen LogP contribution in [0.4, 0.5) is 0 Å². The molecule has 0 spiro atoms. The Morgan fingerprint density at radius 3 is 2.56 bits per heavy atom. The van der Waals surface area contributed by atoms with Crippen LogP contribution in [0.25, 0.3) is 0 Å². The van der Waals surface area contributed by atoms with E-state index in [1.807, 2.05) is 12.1 Å². The third-order valence-electron chi connectivity index (χ3n) is 2.25. The Bertz CT molecular complexity index is 415. The zero-order chi connectivity index (χ0) is 12.0. The minimum absolute atomic E-state index is 0.0178. The number of amides is 1. The van der Waals surface area contributed by atoms with Gasteiger partial charge in [-0.2, -0.15) is 5.26 Å². The average Bonchev–Trinajstić information content (AvgIpc) is 2.29. The topological polar surface area (TPSA) is 44.1 Å². The van der Waals surface area contributed by atoms with Gasteiger partial charge in [-0.3, -0.25) is 4.79 Å². The van der Waals surface area contributed by atoms with Crippen molar-refractivity contribution >= 4 is 5.91 Å². The molecule has 3 heteroatoms. The molecule has 82 valence electrons. The predicted octanol–water partition coefficient (Wildman–Crippen LogP) is 2.09. The summed E-state index contributed by atoms with van der Waals surface area (Å²) in [5.41, 5.74) is 1.64. The van der Waals surface area contributed by atoms with Gasteiger partial charge in [0.25, 0.3) is 0 Å². The van der Waals surface area contributed by atoms with Gasteiger partial charge in [0.15, 0.2) is 0 Å². The summed E-state index contributed by atoms with van der Waals surface area (Å²) in [5, 5.41) is 8.66. The van der Waals surface area contributed by atoms with Crippen molar-refractivity contribution in [2.75, 3.05) is 6.54 Å². The van der Waals surface area contributed by atoms with E-state index in [4.69, 9.17) is 5.26 Å². The molecule has 0 heterocycles. The summed E-state index contributed by atoms with van der Waals surface area (Å²) in [6.45, 7) is 6.24. The number of nitrogens with zero attached hydrogens (tertiary/aromatic N) is 2. The van der Waals surface area contributed by atoms with Crippen LogP contribution in [0.3, 0.4) is 0 Å². The molecule has 0 bridgehead atoms. The van der Waals surface area contributed by atoms with Crippen molar-refractivity contribution in [1.82, 2.24) is 4.90 Å². The van der Waals surface area contributed by atoms with Gasteiger partial charge < -0.3 is 4.90 Å². The molecule has 0 atom stereocenters. The molecule has 0 saturated heterocycles. The molecule has 0 aliphatic rings. The van der Waals surface area contributed by atoms with Crippen molar-refractivity contribution in [3.8, 4) is 6.07 Å². The van der Waals surface area contributed by atoms with Gasteiger partial charge in [0.05, 0.1) is 11.6 Å². The molecule has 1 rings (SSSR count). The van der Waals surface area contributed by atoms with Crippen molar-refractivity contribution in [1.29, 1.82) is 5.26 Å². The molecule has 0 saturated carbocycles. The lowest BCUT2D eigenvalue weighted by Gasteiger charge is -2.19. The zero-order valence-corrected chi connectivity index (χ0v) is 9.31. The van der Waals surface area contributed by atoms with Gasteiger partial charge in [0.1, 0.15) is 0 Å². The summed E-state index contributed by atoms with van der Waals surface area (Å²) in [5.74, 6) is 0.0178. The van der Waals surface area contributed by atoms with Crippen LogP contribution in [0.5, 0.6) is 0 Å². The number of carbonyl (C=O) groups excluding carboxylic acids is 1. The molecule has 0 aliphatic carbocycles. The third kappa shape index (κ3) is 3.25. The van der Waals surface area contributed by atoms with E-state index in [0.717, 1.165) is 5.56 Å². The van der Waals surface area contributed by atoms with Crippen LogP contribution in [0, 0.1) is 11.3 Å². The molecule has 3 nitrogen and oxygen atoms in total. The zero-order valence-electron chi connectivity index (χ0n) is 9.31. The third-order valence-corrected chi connectivity index (χ3v) is 2.25. The maximum Gasteiger partial charge on any atom is 0.220 e. The molecule has 1 aromatic rings. The quantitative estimate of drug-likeness (QED) is 0.720. The molecule has 0 fully saturated rings. The fraction of sp³-hybridized carbons (Fsp3) is 0.231. The van der Waals surface area contributed by atoms with Crippen LogP contribution >= 0.6 is 0 Å². The minimum Gasteiger partial charge on any atom is -0.335 e. The standard InChI is InChI=1S/C13H14N2O/c1-3-8-15(11(2)16)10-13-6-4-12(9-14)5-7-13/h3-7H,1,8,10H2,2H3. The lowest BCUT2D eigenvalue weighted by molar-refractivity contribution is -0.128. The molecule has 1 aromatic carbocycles. The molecule has 0 radical (unpaired) electrons. The second-order valence-electron chi connectivity index (χ2n) is 3.50. The highest BCUT2D eigenvalue weighted by Crippen LogP contribution is 2.07. The van der Waals surface area contributed by atoms with Crippen LogP contribution in [-0.4, -0.2) is 17.4 Å². The number of nitriles is 1. The van der Waals surface area contributed by atoms with E-state index < -0.39 is 0 Å². The molecule has 0 unspecified atom stereocenters. The Morgan fingerprint density at radius 1 is 1.50 bits per heavy atom. The van der Waals surface area contributed by atoms with E-state index in [0.29, 0.717) is 18.7 Å². The van der Waals surface area contributed by atoms with Crippen LogP contribution in [-0.2, 0) is 11.3 Å². The van der Waals surface area contributed by atoms with E-state index in [1.165, 1.54) is 6.92 Å². The van der Waals surface area contributed by atoms with Gasteiger partial charge in [0.2, 0.25) is 5.91 Å². The number of benzene rings is 1. The maximum atomic E-state index is 11.3. The van der Waals surface area contributed by atoms with Crippen molar-refractivity contribution in [2.45, 2.75) is 13.5 Å². The second-order valence-corrected chi connectivity index (χ2v) is 3.50. The molecular weight excluding hydrogens is 200 g/mol. The van der Waals surface area contributed by atoms with Crippen LogP contribution in [0.15, 0.2) is 36.9 Å². The van der Waals surface area contributed by atoms with E-state index in [-0.39, 0.29) is 5.91 Å². The van der Waals surface area contributed by atoms with Gasteiger partial charge in [-0.15, -0.1) is 6.58 Å². The lowest BCUT2D eigenvalue weighted by Crippen LogP contribution is -2.28. The van der Waals surface area contributed by atoms with E-state index in [2.05, 4.69) is 12.6 Å². The summed E-state index contributed by atoms with van der Waals surface area (Å²) >= 11 is 0. The fourth-order valence-electron chi connectivity index (χ4n) is 1.37. The Hall–Kier alpha value is -2.08. The van der Waals surface area contributed by atoms with E-state index in [1.54, 1.807) is 23.1 Å². The maximum absolute atomic E-state index is 11.3.